The monoisotopic (exact) mass is 762 g/mol. The fourth-order valence-corrected chi connectivity index (χ4v) is 7.62. The summed E-state index contributed by atoms with van der Waals surface area (Å²) in [5, 5.41) is 17.5. The van der Waals surface area contributed by atoms with Crippen LogP contribution in [0.25, 0.3) is 17.2 Å². The lowest BCUT2D eigenvalue weighted by Gasteiger charge is -2.36. The SMILES string of the molecule is CCc1c(N2CCN(C(=O)c3nc4c(cc3O)CCC4)CC2)c(=O)n2nc(-c3ccc4c(c3)COC4)nc2n1CC(=O)Nc1ccc(C(F)(F)F)cc1Cl. The highest BCUT2D eigenvalue weighted by Gasteiger charge is 2.33. The van der Waals surface area contributed by atoms with Crippen LogP contribution < -0.4 is 15.8 Å². The maximum Gasteiger partial charge on any atom is 0.416 e. The molecule has 3 aliphatic rings. The van der Waals surface area contributed by atoms with Crippen molar-refractivity contribution in [3.63, 3.8) is 0 Å². The van der Waals surface area contributed by atoms with Gasteiger partial charge in [0.15, 0.2) is 11.5 Å². The number of nitrogens with one attached hydrogen (secondary N) is 1. The number of benzene rings is 2. The predicted octanol–water partition coefficient (Wildman–Crippen LogP) is 5.01. The van der Waals surface area contributed by atoms with Crippen molar-refractivity contribution >= 4 is 40.6 Å². The van der Waals surface area contributed by atoms with E-state index in [1.807, 2.05) is 30.0 Å². The molecule has 0 saturated carbocycles. The number of hydrogen-bond donors (Lipinski definition) is 2. The average Bonchev–Trinajstić information content (AvgIpc) is 3.92. The third-order valence-electron chi connectivity index (χ3n) is 10.1. The number of anilines is 2. The van der Waals surface area contributed by atoms with Crippen molar-refractivity contribution in [2.45, 2.75) is 58.5 Å². The molecule has 8 rings (SSSR count). The Labute approximate surface area is 310 Å². The summed E-state index contributed by atoms with van der Waals surface area (Å²) in [5.74, 6) is -0.840. The molecular formula is C37H34ClF3N8O5. The van der Waals surface area contributed by atoms with Gasteiger partial charge in [-0.1, -0.05) is 30.7 Å². The van der Waals surface area contributed by atoms with Crippen molar-refractivity contribution in [1.29, 1.82) is 0 Å². The summed E-state index contributed by atoms with van der Waals surface area (Å²) >= 11 is 6.15. The number of hydrogen-bond acceptors (Lipinski definition) is 9. The molecule has 0 unspecified atom stereocenters. The zero-order valence-corrected chi connectivity index (χ0v) is 29.8. The summed E-state index contributed by atoms with van der Waals surface area (Å²) in [6.07, 6.45) is -1.85. The normalized spacial score (nSPS) is 15.5. The first-order chi connectivity index (χ1) is 25.9. The molecule has 5 aromatic rings. The largest absolute Gasteiger partial charge is 0.505 e. The number of halogens is 4. The van der Waals surface area contributed by atoms with Crippen molar-refractivity contribution in [1.82, 2.24) is 29.0 Å². The Hall–Kier alpha value is -5.48. The highest BCUT2D eigenvalue weighted by atomic mass is 35.5. The molecule has 13 nitrogen and oxygen atoms in total. The third-order valence-corrected chi connectivity index (χ3v) is 10.4. The van der Waals surface area contributed by atoms with E-state index in [9.17, 15) is 32.7 Å². The fourth-order valence-electron chi connectivity index (χ4n) is 7.39. The van der Waals surface area contributed by atoms with Gasteiger partial charge in [-0.15, -0.1) is 5.10 Å². The molecule has 2 N–H and O–H groups in total. The Kier molecular flexibility index (Phi) is 9.04. The fraction of sp³-hybridized carbons (Fsp3) is 0.351. The second kappa shape index (κ2) is 13.7. The van der Waals surface area contributed by atoms with Crippen LogP contribution in [-0.4, -0.2) is 72.1 Å². The molecule has 0 spiro atoms. The molecular weight excluding hydrogens is 729 g/mol. The van der Waals surface area contributed by atoms with Gasteiger partial charge in [-0.25, -0.2) is 4.98 Å². The third kappa shape index (κ3) is 6.42. The summed E-state index contributed by atoms with van der Waals surface area (Å²) in [6, 6.07) is 9.92. The summed E-state index contributed by atoms with van der Waals surface area (Å²) < 4.78 is 48.1. The van der Waals surface area contributed by atoms with Crippen LogP contribution in [0.4, 0.5) is 24.5 Å². The van der Waals surface area contributed by atoms with Crippen LogP contribution in [-0.2, 0) is 54.7 Å². The molecule has 2 aromatic carbocycles. The van der Waals surface area contributed by atoms with Crippen LogP contribution in [0.5, 0.6) is 5.75 Å². The van der Waals surface area contributed by atoms with E-state index in [1.165, 1.54) is 0 Å². The summed E-state index contributed by atoms with van der Waals surface area (Å²) in [5.41, 5.74) is 3.74. The number of carbonyl (C=O) groups is 2. The van der Waals surface area contributed by atoms with Crippen LogP contribution in [0, 0.1) is 0 Å². The highest BCUT2D eigenvalue weighted by Crippen LogP contribution is 2.34. The molecule has 54 heavy (non-hydrogen) atoms. The standard InChI is InChI=1S/C37H34ClF3N8O5/c1-2-28-32(46-10-12-47(13-11-46)34(52)31-29(50)15-20-4-3-5-26(20)43-31)35(53)49-36(44-33(45-49)21-6-7-22-18-54-19-23(22)14-21)48(28)17-30(51)42-27-9-8-24(16-25(27)38)37(39,40)41/h6-9,14-16,50H,2-5,10-13,17-19H2,1H3,(H,42,51). The van der Waals surface area contributed by atoms with Gasteiger partial charge in [-0.3, -0.25) is 14.4 Å². The number of alkyl halides is 3. The van der Waals surface area contributed by atoms with Gasteiger partial charge in [0, 0.05) is 37.4 Å². The van der Waals surface area contributed by atoms with Crippen molar-refractivity contribution in [3.8, 4) is 17.1 Å². The Morgan fingerprint density at radius 3 is 2.50 bits per heavy atom. The number of carbonyl (C=O) groups excluding carboxylic acids is 2. The van der Waals surface area contributed by atoms with Crippen molar-refractivity contribution in [3.05, 3.63) is 97.2 Å². The van der Waals surface area contributed by atoms with Crippen LogP contribution >= 0.6 is 11.6 Å². The summed E-state index contributed by atoms with van der Waals surface area (Å²) in [6.45, 7) is 3.33. The van der Waals surface area contributed by atoms with Gasteiger partial charge in [0.1, 0.15) is 18.0 Å². The number of piperazine rings is 1. The van der Waals surface area contributed by atoms with Gasteiger partial charge in [0.05, 0.1) is 35.2 Å². The van der Waals surface area contributed by atoms with Crippen molar-refractivity contribution < 1.29 is 32.6 Å². The van der Waals surface area contributed by atoms with E-state index in [4.69, 9.17) is 21.3 Å². The van der Waals surface area contributed by atoms with E-state index in [-0.39, 0.29) is 72.2 Å². The number of amides is 2. The lowest BCUT2D eigenvalue weighted by atomic mass is 10.1. The molecule has 0 bridgehead atoms. The second-order valence-electron chi connectivity index (χ2n) is 13.5. The highest BCUT2D eigenvalue weighted by molar-refractivity contribution is 6.33. The minimum atomic E-state index is -4.61. The number of aromatic hydroxyl groups is 1. The first-order valence-electron chi connectivity index (χ1n) is 17.5. The number of fused-ring (bicyclic) bond motifs is 3. The zero-order valence-electron chi connectivity index (χ0n) is 29.0. The molecule has 1 saturated heterocycles. The van der Waals surface area contributed by atoms with E-state index >= 15 is 0 Å². The lowest BCUT2D eigenvalue weighted by molar-refractivity contribution is -0.137. The van der Waals surface area contributed by atoms with E-state index in [0.717, 1.165) is 64.4 Å². The van der Waals surface area contributed by atoms with Gasteiger partial charge in [0.25, 0.3) is 11.5 Å². The average molecular weight is 763 g/mol. The van der Waals surface area contributed by atoms with Crippen LogP contribution in [0.3, 0.4) is 0 Å². The zero-order chi connectivity index (χ0) is 37.9. The quantitative estimate of drug-likeness (QED) is 0.234. The molecule has 2 aliphatic heterocycles. The smallest absolute Gasteiger partial charge is 0.416 e. The summed E-state index contributed by atoms with van der Waals surface area (Å²) in [7, 11) is 0. The summed E-state index contributed by atoms with van der Waals surface area (Å²) in [4.78, 5) is 54.2. The van der Waals surface area contributed by atoms with Gasteiger partial charge in [-0.05, 0) is 72.7 Å². The Morgan fingerprint density at radius 1 is 0.981 bits per heavy atom. The van der Waals surface area contributed by atoms with Crippen molar-refractivity contribution in [2.75, 3.05) is 36.4 Å². The maximum atomic E-state index is 14.4. The van der Waals surface area contributed by atoms with Gasteiger partial charge >= 0.3 is 6.18 Å². The molecule has 2 amide bonds. The first-order valence-corrected chi connectivity index (χ1v) is 17.9. The van der Waals surface area contributed by atoms with Gasteiger partial charge in [0.2, 0.25) is 11.7 Å². The number of aryl methyl sites for hydroxylation is 2. The van der Waals surface area contributed by atoms with Gasteiger partial charge in [-0.2, -0.15) is 22.7 Å². The number of pyridine rings is 1. The van der Waals surface area contributed by atoms with Crippen LogP contribution in [0.15, 0.2) is 47.3 Å². The molecule has 1 fully saturated rings. The molecule has 3 aromatic heterocycles. The van der Waals surface area contributed by atoms with E-state index in [2.05, 4.69) is 15.4 Å². The van der Waals surface area contributed by atoms with E-state index in [0.29, 0.717) is 30.9 Å². The Balaban J connectivity index is 1.14. The molecule has 17 heteroatoms. The molecule has 0 atom stereocenters. The second-order valence-corrected chi connectivity index (χ2v) is 13.9. The maximum absolute atomic E-state index is 14.4. The number of rotatable bonds is 7. The minimum Gasteiger partial charge on any atom is -0.505 e. The van der Waals surface area contributed by atoms with E-state index in [1.54, 1.807) is 15.5 Å². The molecule has 280 valence electrons. The molecule has 5 heterocycles. The predicted molar refractivity (Wildman–Crippen MR) is 192 cm³/mol. The molecule has 0 radical (unpaired) electrons. The van der Waals surface area contributed by atoms with Gasteiger partial charge < -0.3 is 29.5 Å². The van der Waals surface area contributed by atoms with Crippen LogP contribution in [0.1, 0.15) is 57.5 Å². The first kappa shape index (κ1) is 35.5. The Morgan fingerprint density at radius 2 is 1.76 bits per heavy atom. The minimum absolute atomic E-state index is 0.00884. The molecule has 1 aliphatic carbocycles. The number of aromatic nitrogens is 5. The van der Waals surface area contributed by atoms with Crippen LogP contribution in [0.2, 0.25) is 5.02 Å². The van der Waals surface area contributed by atoms with E-state index < -0.39 is 29.1 Å². The number of ether oxygens (including phenoxy) is 1. The Bertz CT molecular complexity index is 2400. The lowest BCUT2D eigenvalue weighted by Crippen LogP contribution is -2.51. The van der Waals surface area contributed by atoms with Crippen molar-refractivity contribution in [2.24, 2.45) is 0 Å². The topological polar surface area (TPSA) is 147 Å². The number of nitrogens with zero attached hydrogens (tertiary/aromatic N) is 7.